The summed E-state index contributed by atoms with van der Waals surface area (Å²) in [6, 6.07) is 3.62. The summed E-state index contributed by atoms with van der Waals surface area (Å²) in [6.45, 7) is 5.51. The average Bonchev–Trinajstić information content (AvgIpc) is 3.13. The van der Waals surface area contributed by atoms with E-state index in [0.29, 0.717) is 13.1 Å². The van der Waals surface area contributed by atoms with Crippen LogP contribution in [0, 0.1) is 0 Å². The summed E-state index contributed by atoms with van der Waals surface area (Å²) in [6.07, 6.45) is 0.688. The van der Waals surface area contributed by atoms with Crippen molar-refractivity contribution in [2.24, 2.45) is 0 Å². The van der Waals surface area contributed by atoms with Crippen molar-refractivity contribution in [1.29, 1.82) is 0 Å². The van der Waals surface area contributed by atoms with Gasteiger partial charge in [0, 0.05) is 48.9 Å². The molecular weight excluding hydrogens is 391 g/mol. The van der Waals surface area contributed by atoms with Crippen molar-refractivity contribution in [2.75, 3.05) is 32.7 Å². The highest BCUT2D eigenvalue weighted by molar-refractivity contribution is 7.11. The number of nitrogens with one attached hydrogen (secondary N) is 1. The van der Waals surface area contributed by atoms with E-state index in [1.807, 2.05) is 11.3 Å². The van der Waals surface area contributed by atoms with Crippen molar-refractivity contribution in [1.82, 2.24) is 15.1 Å². The topological polar surface area (TPSA) is 35.6 Å². The van der Waals surface area contributed by atoms with Crippen molar-refractivity contribution in [3.8, 4) is 0 Å². The molecule has 0 bridgehead atoms. The fourth-order valence-corrected chi connectivity index (χ4v) is 4.15. The van der Waals surface area contributed by atoms with Crippen LogP contribution in [0.5, 0.6) is 0 Å². The summed E-state index contributed by atoms with van der Waals surface area (Å²) in [7, 11) is 0. The number of halogens is 4. The Morgan fingerprint density at radius 2 is 1.88 bits per heavy atom. The van der Waals surface area contributed by atoms with Gasteiger partial charge < -0.3 is 4.90 Å². The zero-order chi connectivity index (χ0) is 16.4. The maximum Gasteiger partial charge on any atom is 0.262 e. The molecule has 1 unspecified atom stereocenters. The number of aryl methyl sites for hydroxylation is 1. The lowest BCUT2D eigenvalue weighted by atomic mass is 10.1. The molecule has 2 aliphatic rings. The second-order valence-corrected chi connectivity index (χ2v) is 7.57. The lowest BCUT2D eigenvalue weighted by Gasteiger charge is -2.35. The molecule has 2 aliphatic heterocycles. The van der Waals surface area contributed by atoms with E-state index >= 15 is 0 Å². The van der Waals surface area contributed by atoms with Crippen LogP contribution >= 0.6 is 36.2 Å². The minimum absolute atomic E-state index is 0. The lowest BCUT2D eigenvalue weighted by Crippen LogP contribution is -2.52. The maximum atomic E-state index is 13.2. The van der Waals surface area contributed by atoms with E-state index in [1.54, 1.807) is 4.90 Å². The molecule has 1 amide bonds. The van der Waals surface area contributed by atoms with Crippen molar-refractivity contribution in [3.05, 3.63) is 21.9 Å². The summed E-state index contributed by atoms with van der Waals surface area (Å²) >= 11 is 1.84. The Bertz CT molecular complexity index is 565. The number of hydrogen-bond donors (Lipinski definition) is 1. The van der Waals surface area contributed by atoms with E-state index in [0.717, 1.165) is 26.1 Å². The molecule has 0 radical (unpaired) electrons. The van der Waals surface area contributed by atoms with Gasteiger partial charge in [0.25, 0.3) is 5.92 Å². The van der Waals surface area contributed by atoms with Gasteiger partial charge in [0.1, 0.15) is 0 Å². The number of carbonyl (C=O) groups excluding carboxylic acids is 1. The van der Waals surface area contributed by atoms with Crippen molar-refractivity contribution in [2.45, 2.75) is 38.3 Å². The molecule has 3 rings (SSSR count). The first kappa shape index (κ1) is 22.6. The van der Waals surface area contributed by atoms with E-state index in [1.165, 1.54) is 9.75 Å². The summed E-state index contributed by atoms with van der Waals surface area (Å²) in [4.78, 5) is 19.1. The van der Waals surface area contributed by atoms with Gasteiger partial charge in [0.15, 0.2) is 0 Å². The third-order valence-electron chi connectivity index (χ3n) is 4.54. The molecule has 9 heteroatoms. The van der Waals surface area contributed by atoms with Crippen LogP contribution in [0.4, 0.5) is 8.78 Å². The van der Waals surface area contributed by atoms with Crippen LogP contribution in [-0.2, 0) is 17.8 Å². The first-order valence-electron chi connectivity index (χ1n) is 8.17. The smallest absolute Gasteiger partial charge is 0.262 e. The molecule has 2 saturated heterocycles. The van der Waals surface area contributed by atoms with Crippen molar-refractivity contribution < 1.29 is 13.6 Å². The van der Waals surface area contributed by atoms with Gasteiger partial charge in [-0.1, -0.05) is 6.92 Å². The van der Waals surface area contributed by atoms with Gasteiger partial charge in [0.05, 0.1) is 12.6 Å². The highest BCUT2D eigenvalue weighted by Crippen LogP contribution is 2.26. The van der Waals surface area contributed by atoms with E-state index in [-0.39, 0.29) is 43.7 Å². The molecule has 1 aromatic rings. The fourth-order valence-electron chi connectivity index (χ4n) is 3.15. The molecule has 1 N–H and O–H groups in total. The second kappa shape index (κ2) is 9.46. The van der Waals surface area contributed by atoms with E-state index in [2.05, 4.69) is 29.3 Å². The Hall–Kier alpha value is -0.470. The quantitative estimate of drug-likeness (QED) is 0.820. The third-order valence-corrected chi connectivity index (χ3v) is 5.75. The van der Waals surface area contributed by atoms with Gasteiger partial charge in [-0.3, -0.25) is 15.0 Å². The normalized spacial score (nSPS) is 23.0. The number of piperazine rings is 1. The van der Waals surface area contributed by atoms with Crippen molar-refractivity contribution >= 4 is 42.1 Å². The van der Waals surface area contributed by atoms with Gasteiger partial charge in [-0.2, -0.15) is 0 Å². The molecule has 4 nitrogen and oxygen atoms in total. The minimum Gasteiger partial charge on any atom is -0.339 e. The fraction of sp³-hybridized carbons (Fsp3) is 0.688. The van der Waals surface area contributed by atoms with Gasteiger partial charge in [-0.25, -0.2) is 8.78 Å². The van der Waals surface area contributed by atoms with E-state index in [9.17, 15) is 13.6 Å². The molecule has 0 spiro atoms. The molecule has 0 aromatic carbocycles. The molecule has 2 fully saturated rings. The Morgan fingerprint density at radius 3 is 2.40 bits per heavy atom. The molecule has 3 heterocycles. The lowest BCUT2D eigenvalue weighted by molar-refractivity contribution is -0.135. The summed E-state index contributed by atoms with van der Waals surface area (Å²) < 4.78 is 26.4. The molecule has 25 heavy (non-hydrogen) atoms. The van der Waals surface area contributed by atoms with Crippen molar-refractivity contribution in [3.63, 3.8) is 0 Å². The Kier molecular flexibility index (Phi) is 8.54. The van der Waals surface area contributed by atoms with Crippen LogP contribution in [0.15, 0.2) is 12.1 Å². The zero-order valence-electron chi connectivity index (χ0n) is 14.2. The van der Waals surface area contributed by atoms with Crippen LogP contribution in [0.2, 0.25) is 0 Å². The maximum absolute atomic E-state index is 13.2. The van der Waals surface area contributed by atoms with E-state index in [4.69, 9.17) is 0 Å². The number of alkyl halides is 2. The van der Waals surface area contributed by atoms with Gasteiger partial charge >= 0.3 is 0 Å². The highest BCUT2D eigenvalue weighted by Gasteiger charge is 2.43. The van der Waals surface area contributed by atoms with Gasteiger partial charge in [-0.15, -0.1) is 36.2 Å². The van der Waals surface area contributed by atoms with Crippen LogP contribution < -0.4 is 5.32 Å². The van der Waals surface area contributed by atoms with Crippen LogP contribution in [0.1, 0.15) is 23.1 Å². The Balaban J connectivity index is 0.00000156. The SMILES string of the molecule is CCc1ccc(CN2CCN(C(=O)C3CC(F)(F)CN3)CC2)s1.Cl.Cl. The molecule has 0 saturated carbocycles. The summed E-state index contributed by atoms with van der Waals surface area (Å²) in [5.74, 6) is -2.93. The first-order valence-corrected chi connectivity index (χ1v) is 8.98. The molecule has 1 aromatic heterocycles. The van der Waals surface area contributed by atoms with Gasteiger partial charge in [0.2, 0.25) is 5.91 Å². The number of rotatable bonds is 4. The molecule has 1 atom stereocenters. The predicted octanol–water partition coefficient (Wildman–Crippen LogP) is 2.80. The second-order valence-electron chi connectivity index (χ2n) is 6.32. The zero-order valence-corrected chi connectivity index (χ0v) is 16.6. The van der Waals surface area contributed by atoms with Crippen LogP contribution in [0.3, 0.4) is 0 Å². The largest absolute Gasteiger partial charge is 0.339 e. The standard InChI is InChI=1S/C16H23F2N3OS.2ClH/c1-2-12-3-4-13(23-12)10-20-5-7-21(8-6-20)15(22)14-9-16(17,18)11-19-14;;/h3-4,14,19H,2,5-11H2,1H3;2*1H. The number of hydrogen-bond acceptors (Lipinski definition) is 4. The number of thiophene rings is 1. The number of nitrogens with zero attached hydrogens (tertiary/aromatic N) is 2. The average molecular weight is 416 g/mol. The summed E-state index contributed by atoms with van der Waals surface area (Å²) in [5.41, 5.74) is 0. The number of carbonyl (C=O) groups is 1. The van der Waals surface area contributed by atoms with Gasteiger partial charge in [-0.05, 0) is 18.6 Å². The monoisotopic (exact) mass is 415 g/mol. The Labute approximate surface area is 163 Å². The number of amides is 1. The highest BCUT2D eigenvalue weighted by atomic mass is 35.5. The minimum atomic E-state index is -2.75. The third kappa shape index (κ3) is 5.76. The van der Waals surface area contributed by atoms with E-state index < -0.39 is 12.0 Å². The molecular formula is C16H25Cl2F2N3OS. The van der Waals surface area contributed by atoms with Crippen LogP contribution in [0.25, 0.3) is 0 Å². The molecule has 144 valence electrons. The van der Waals surface area contributed by atoms with Crippen LogP contribution in [-0.4, -0.2) is 60.4 Å². The summed E-state index contributed by atoms with van der Waals surface area (Å²) in [5, 5.41) is 2.65. The first-order chi connectivity index (χ1) is 11.0. The molecule has 0 aliphatic carbocycles. The predicted molar refractivity (Wildman–Crippen MR) is 101 cm³/mol. The Morgan fingerprint density at radius 1 is 1.24 bits per heavy atom.